The molecule has 0 spiro atoms. The van der Waals surface area contributed by atoms with Gasteiger partial charge in [0.1, 0.15) is 10.7 Å². The molecule has 106 valence electrons. The number of aromatic nitrogens is 1. The lowest BCUT2D eigenvalue weighted by atomic mass is 10.2. The molecule has 6 nitrogen and oxygen atoms in total. The highest BCUT2D eigenvalue weighted by Crippen LogP contribution is 2.23. The first-order valence-corrected chi connectivity index (χ1v) is 7.74. The highest BCUT2D eigenvalue weighted by Gasteiger charge is 2.31. The third-order valence-electron chi connectivity index (χ3n) is 3.36. The summed E-state index contributed by atoms with van der Waals surface area (Å²) in [5.74, 6) is 0.634. The number of hydrogen-bond acceptors (Lipinski definition) is 5. The Morgan fingerprint density at radius 1 is 1.37 bits per heavy atom. The third kappa shape index (κ3) is 3.23. The summed E-state index contributed by atoms with van der Waals surface area (Å²) in [6, 6.07) is 3.02. The maximum atomic E-state index is 12.2. The molecular weight excluding hydrogens is 266 g/mol. The molecule has 0 aliphatic heterocycles. The van der Waals surface area contributed by atoms with E-state index in [1.165, 1.54) is 12.3 Å². The van der Waals surface area contributed by atoms with Gasteiger partial charge in [-0.1, -0.05) is 0 Å². The lowest BCUT2D eigenvalue weighted by Crippen LogP contribution is -2.40. The van der Waals surface area contributed by atoms with E-state index in [0.29, 0.717) is 5.82 Å². The van der Waals surface area contributed by atoms with E-state index < -0.39 is 10.0 Å². The van der Waals surface area contributed by atoms with Crippen LogP contribution in [-0.4, -0.2) is 39.7 Å². The summed E-state index contributed by atoms with van der Waals surface area (Å²) in [6.07, 6.45) is 3.98. The predicted molar refractivity (Wildman–Crippen MR) is 72.5 cm³/mol. The van der Waals surface area contributed by atoms with Gasteiger partial charge in [0.25, 0.3) is 0 Å². The second-order valence-corrected chi connectivity index (χ2v) is 6.28. The van der Waals surface area contributed by atoms with E-state index in [2.05, 4.69) is 15.0 Å². The van der Waals surface area contributed by atoms with Gasteiger partial charge in [0.05, 0.1) is 6.10 Å². The summed E-state index contributed by atoms with van der Waals surface area (Å²) < 4.78 is 32.4. The number of sulfonamides is 1. The maximum Gasteiger partial charge on any atom is 0.242 e. The molecule has 1 saturated carbocycles. The van der Waals surface area contributed by atoms with Crippen LogP contribution in [0.15, 0.2) is 23.2 Å². The Hall–Kier alpha value is -1.18. The van der Waals surface area contributed by atoms with Crippen molar-refractivity contribution in [3.63, 3.8) is 0 Å². The van der Waals surface area contributed by atoms with Crippen molar-refractivity contribution in [2.24, 2.45) is 0 Å². The molecule has 2 rings (SSSR count). The van der Waals surface area contributed by atoms with E-state index >= 15 is 0 Å². The average molecular weight is 285 g/mol. The quantitative estimate of drug-likeness (QED) is 0.842. The third-order valence-corrected chi connectivity index (χ3v) is 4.84. The normalized spacial score (nSPS) is 23.5. The minimum absolute atomic E-state index is 0.0423. The number of rotatable bonds is 5. The Morgan fingerprint density at radius 2 is 2.16 bits per heavy atom. The zero-order valence-corrected chi connectivity index (χ0v) is 11.9. The molecule has 2 unspecified atom stereocenters. The minimum atomic E-state index is -3.53. The lowest BCUT2D eigenvalue weighted by Gasteiger charge is -2.19. The first-order valence-electron chi connectivity index (χ1n) is 6.26. The average Bonchev–Trinajstić information content (AvgIpc) is 2.85. The highest BCUT2D eigenvalue weighted by atomic mass is 32.2. The van der Waals surface area contributed by atoms with Gasteiger partial charge in [-0.05, 0) is 31.4 Å². The van der Waals surface area contributed by atoms with E-state index in [1.807, 2.05) is 0 Å². The van der Waals surface area contributed by atoms with Crippen molar-refractivity contribution in [3.8, 4) is 0 Å². The molecule has 1 heterocycles. The maximum absolute atomic E-state index is 12.2. The fraction of sp³-hybridized carbons (Fsp3) is 0.583. The van der Waals surface area contributed by atoms with Gasteiger partial charge in [-0.2, -0.15) is 0 Å². The number of methoxy groups -OCH3 is 1. The summed E-state index contributed by atoms with van der Waals surface area (Å²) in [4.78, 5) is 4.19. The van der Waals surface area contributed by atoms with Crippen LogP contribution in [0.5, 0.6) is 0 Å². The molecular formula is C12H19N3O3S. The number of nitrogens with zero attached hydrogens (tertiary/aromatic N) is 1. The topological polar surface area (TPSA) is 80.3 Å². The van der Waals surface area contributed by atoms with Crippen LogP contribution >= 0.6 is 0 Å². The van der Waals surface area contributed by atoms with Crippen LogP contribution in [0.4, 0.5) is 5.82 Å². The van der Waals surface area contributed by atoms with Gasteiger partial charge < -0.3 is 10.1 Å². The Labute approximate surface area is 113 Å². The van der Waals surface area contributed by atoms with Gasteiger partial charge in [-0.15, -0.1) is 0 Å². The smallest absolute Gasteiger partial charge is 0.242 e. The largest absolute Gasteiger partial charge is 0.380 e. The van der Waals surface area contributed by atoms with Crippen molar-refractivity contribution in [1.29, 1.82) is 0 Å². The molecule has 1 fully saturated rings. The van der Waals surface area contributed by atoms with Crippen LogP contribution in [-0.2, 0) is 14.8 Å². The summed E-state index contributed by atoms with van der Waals surface area (Å²) in [7, 11) is -0.188. The molecule has 2 N–H and O–H groups in total. The molecule has 0 amide bonds. The van der Waals surface area contributed by atoms with Crippen LogP contribution in [0.1, 0.15) is 19.3 Å². The van der Waals surface area contributed by atoms with E-state index in [4.69, 9.17) is 4.74 Å². The number of ether oxygens (including phenoxy) is 1. The van der Waals surface area contributed by atoms with Crippen LogP contribution in [0.2, 0.25) is 0 Å². The van der Waals surface area contributed by atoms with Crippen molar-refractivity contribution in [2.75, 3.05) is 19.5 Å². The highest BCUT2D eigenvalue weighted by molar-refractivity contribution is 7.89. The van der Waals surface area contributed by atoms with Gasteiger partial charge in [0.15, 0.2) is 0 Å². The molecule has 1 aromatic heterocycles. The molecule has 1 aliphatic carbocycles. The van der Waals surface area contributed by atoms with Gasteiger partial charge in [-0.25, -0.2) is 18.1 Å². The van der Waals surface area contributed by atoms with Crippen molar-refractivity contribution in [1.82, 2.24) is 9.71 Å². The fourth-order valence-electron chi connectivity index (χ4n) is 2.30. The molecule has 0 aromatic carbocycles. The summed E-state index contributed by atoms with van der Waals surface area (Å²) in [5, 5.41) is 2.85. The van der Waals surface area contributed by atoms with Gasteiger partial charge >= 0.3 is 0 Å². The van der Waals surface area contributed by atoms with Gasteiger partial charge in [0, 0.05) is 26.4 Å². The van der Waals surface area contributed by atoms with Crippen molar-refractivity contribution < 1.29 is 13.2 Å². The van der Waals surface area contributed by atoms with Crippen LogP contribution < -0.4 is 10.0 Å². The monoisotopic (exact) mass is 285 g/mol. The molecule has 19 heavy (non-hydrogen) atoms. The fourth-order valence-corrected chi connectivity index (χ4v) is 3.54. The summed E-state index contributed by atoms with van der Waals surface area (Å²) in [5.41, 5.74) is 0. The molecule has 7 heteroatoms. The van der Waals surface area contributed by atoms with Gasteiger partial charge in [0.2, 0.25) is 10.0 Å². The molecule has 2 atom stereocenters. The number of anilines is 1. The van der Waals surface area contributed by atoms with E-state index in [1.54, 1.807) is 20.2 Å². The first-order chi connectivity index (χ1) is 9.06. The Morgan fingerprint density at radius 3 is 2.74 bits per heavy atom. The zero-order valence-electron chi connectivity index (χ0n) is 11.1. The van der Waals surface area contributed by atoms with Crippen molar-refractivity contribution in [3.05, 3.63) is 18.3 Å². The van der Waals surface area contributed by atoms with Crippen LogP contribution in [0.25, 0.3) is 0 Å². The van der Waals surface area contributed by atoms with Crippen molar-refractivity contribution in [2.45, 2.75) is 36.3 Å². The van der Waals surface area contributed by atoms with Crippen LogP contribution in [0, 0.1) is 0 Å². The SMILES string of the molecule is CNc1ccc(S(=O)(=O)NC2CCCC2OC)cn1. The number of nitrogens with one attached hydrogen (secondary N) is 2. The summed E-state index contributed by atoms with van der Waals surface area (Å²) in [6.45, 7) is 0. The van der Waals surface area contributed by atoms with Gasteiger partial charge in [-0.3, -0.25) is 0 Å². The molecule has 0 saturated heterocycles. The Kier molecular flexibility index (Phi) is 4.38. The van der Waals surface area contributed by atoms with Crippen LogP contribution in [0.3, 0.4) is 0 Å². The predicted octanol–water partition coefficient (Wildman–Crippen LogP) is 0.969. The second kappa shape index (κ2) is 5.85. The molecule has 0 radical (unpaired) electrons. The molecule has 1 aliphatic rings. The Balaban J connectivity index is 2.13. The zero-order chi connectivity index (χ0) is 13.9. The number of pyridine rings is 1. The second-order valence-electron chi connectivity index (χ2n) is 4.56. The van der Waals surface area contributed by atoms with Crippen molar-refractivity contribution >= 4 is 15.8 Å². The van der Waals surface area contributed by atoms with E-state index in [-0.39, 0.29) is 17.0 Å². The standard InChI is InChI=1S/C12H19N3O3S/c1-13-12-7-6-9(8-14-12)19(16,17)15-10-4-3-5-11(10)18-2/h6-8,10-11,15H,3-5H2,1-2H3,(H,13,14). The molecule has 1 aromatic rings. The molecule has 0 bridgehead atoms. The van der Waals surface area contributed by atoms with E-state index in [0.717, 1.165) is 19.3 Å². The Bertz CT molecular complexity index is 516. The number of hydrogen-bond donors (Lipinski definition) is 2. The summed E-state index contributed by atoms with van der Waals surface area (Å²) >= 11 is 0. The van der Waals surface area contributed by atoms with E-state index in [9.17, 15) is 8.42 Å². The minimum Gasteiger partial charge on any atom is -0.380 e. The first kappa shape index (κ1) is 14.2. The lowest BCUT2D eigenvalue weighted by molar-refractivity contribution is 0.0916.